The van der Waals surface area contributed by atoms with Crippen LogP contribution in [0.3, 0.4) is 0 Å². The van der Waals surface area contributed by atoms with E-state index in [4.69, 9.17) is 5.11 Å². The van der Waals surface area contributed by atoms with Gasteiger partial charge < -0.3 is 10.1 Å². The first kappa shape index (κ1) is 20.2. The third-order valence-corrected chi connectivity index (χ3v) is 5.00. The van der Waals surface area contributed by atoms with Crippen LogP contribution < -0.4 is 0 Å². The second-order valence-electron chi connectivity index (χ2n) is 6.86. The molecule has 2 rings (SSSR count). The van der Waals surface area contributed by atoms with Crippen LogP contribution in [0.1, 0.15) is 80.4 Å². The van der Waals surface area contributed by atoms with E-state index in [0.717, 1.165) is 30.4 Å². The van der Waals surface area contributed by atoms with E-state index in [1.54, 1.807) is 0 Å². The van der Waals surface area contributed by atoms with Crippen LogP contribution >= 0.6 is 0 Å². The maximum atomic E-state index is 14.5. The van der Waals surface area contributed by atoms with E-state index >= 15 is 0 Å². The summed E-state index contributed by atoms with van der Waals surface area (Å²) in [6, 6.07) is 5.94. The molecule has 0 aliphatic rings. The Hall–Kier alpha value is -2.10. The predicted octanol–water partition coefficient (Wildman–Crippen LogP) is 6.37. The van der Waals surface area contributed by atoms with Crippen molar-refractivity contribution in [1.29, 1.82) is 0 Å². The summed E-state index contributed by atoms with van der Waals surface area (Å²) in [6.07, 6.45) is 12.1. The minimum Gasteiger partial charge on any atom is -0.476 e. The summed E-state index contributed by atoms with van der Waals surface area (Å²) < 4.78 is 14.5. The van der Waals surface area contributed by atoms with Crippen LogP contribution in [-0.2, 0) is 12.8 Å². The van der Waals surface area contributed by atoms with Gasteiger partial charge in [0.25, 0.3) is 0 Å². The van der Waals surface area contributed by atoms with Gasteiger partial charge in [-0.15, -0.1) is 0 Å². The van der Waals surface area contributed by atoms with Crippen molar-refractivity contribution in [2.45, 2.75) is 71.6 Å². The maximum absolute atomic E-state index is 14.5. The first-order valence-electron chi connectivity index (χ1n) is 9.81. The smallest absolute Gasteiger partial charge is 0.355 e. The Morgan fingerprint density at radius 1 is 1.04 bits per heavy atom. The van der Waals surface area contributed by atoms with Crippen LogP contribution in [0, 0.1) is 5.82 Å². The van der Waals surface area contributed by atoms with Crippen molar-refractivity contribution < 1.29 is 14.3 Å². The molecule has 0 fully saturated rings. The number of benzene rings is 1. The normalized spacial score (nSPS) is 11.0. The van der Waals surface area contributed by atoms with Gasteiger partial charge in [0.1, 0.15) is 0 Å². The number of aromatic amines is 1. The maximum Gasteiger partial charge on any atom is 0.355 e. The number of aromatic carboxylic acids is 1. The highest BCUT2D eigenvalue weighted by molar-refractivity contribution is 5.88. The van der Waals surface area contributed by atoms with Crippen molar-refractivity contribution in [1.82, 2.24) is 4.98 Å². The monoisotopic (exact) mass is 359 g/mol. The molecule has 0 saturated heterocycles. The lowest BCUT2D eigenvalue weighted by atomic mass is 9.92. The number of aromatic nitrogens is 1. The highest BCUT2D eigenvalue weighted by atomic mass is 19.1. The molecule has 0 saturated carbocycles. The number of halogens is 1. The molecular formula is C22H30FNO2. The van der Waals surface area contributed by atoms with Gasteiger partial charge in [0.05, 0.1) is 0 Å². The lowest BCUT2D eigenvalue weighted by Crippen LogP contribution is -2.00. The van der Waals surface area contributed by atoms with Crippen LogP contribution in [0.4, 0.5) is 4.39 Å². The molecule has 0 spiro atoms. The number of H-pyrrole nitrogens is 1. The molecular weight excluding hydrogens is 329 g/mol. The van der Waals surface area contributed by atoms with Crippen molar-refractivity contribution in [3.05, 3.63) is 47.0 Å². The van der Waals surface area contributed by atoms with Crippen molar-refractivity contribution in [3.8, 4) is 11.1 Å². The average Bonchev–Trinajstić information content (AvgIpc) is 3.02. The van der Waals surface area contributed by atoms with E-state index in [0.29, 0.717) is 5.56 Å². The largest absolute Gasteiger partial charge is 0.476 e. The fraction of sp³-hybridized carbons (Fsp3) is 0.500. The van der Waals surface area contributed by atoms with Gasteiger partial charge in [-0.2, -0.15) is 0 Å². The van der Waals surface area contributed by atoms with Crippen LogP contribution in [0.25, 0.3) is 11.1 Å². The second kappa shape index (κ2) is 10.1. The number of rotatable bonds is 11. The van der Waals surface area contributed by atoms with Crippen LogP contribution in [0.15, 0.2) is 24.4 Å². The molecule has 0 amide bonds. The molecule has 142 valence electrons. The summed E-state index contributed by atoms with van der Waals surface area (Å²) in [7, 11) is 0. The van der Waals surface area contributed by atoms with Crippen LogP contribution in [0.5, 0.6) is 0 Å². The number of carbonyl (C=O) groups is 1. The standard InChI is InChI=1S/C22H30FNO2/c1-3-5-6-7-8-9-10-12-16-13-11-14-18(17(16)4-2)19-15-24-21(20(19)23)22(25)26/h11,13-15,24H,3-10,12H2,1-2H3,(H,25,26). The fourth-order valence-corrected chi connectivity index (χ4v) is 3.57. The molecule has 1 aromatic carbocycles. The first-order chi connectivity index (χ1) is 12.6. The van der Waals surface area contributed by atoms with E-state index in [1.165, 1.54) is 50.3 Å². The molecule has 4 heteroatoms. The van der Waals surface area contributed by atoms with Gasteiger partial charge in [0.15, 0.2) is 11.5 Å². The summed E-state index contributed by atoms with van der Waals surface area (Å²) in [4.78, 5) is 13.6. The zero-order valence-corrected chi connectivity index (χ0v) is 15.9. The Balaban J connectivity index is 2.08. The zero-order chi connectivity index (χ0) is 18.9. The molecule has 2 aromatic rings. The second-order valence-corrected chi connectivity index (χ2v) is 6.86. The van der Waals surface area contributed by atoms with E-state index in [9.17, 15) is 9.18 Å². The molecule has 0 unspecified atom stereocenters. The summed E-state index contributed by atoms with van der Waals surface area (Å²) in [5.41, 5.74) is 3.14. The summed E-state index contributed by atoms with van der Waals surface area (Å²) in [6.45, 7) is 4.29. The Labute approximate surface area is 155 Å². The number of hydrogen-bond donors (Lipinski definition) is 2. The number of unbranched alkanes of at least 4 members (excludes halogenated alkanes) is 6. The number of carboxylic acid groups (broad SMARTS) is 1. The Morgan fingerprint density at radius 2 is 1.73 bits per heavy atom. The third-order valence-electron chi connectivity index (χ3n) is 5.00. The molecule has 26 heavy (non-hydrogen) atoms. The molecule has 0 radical (unpaired) electrons. The van der Waals surface area contributed by atoms with Crippen LogP contribution in [0.2, 0.25) is 0 Å². The zero-order valence-electron chi connectivity index (χ0n) is 15.9. The van der Waals surface area contributed by atoms with E-state index in [-0.39, 0.29) is 5.69 Å². The van der Waals surface area contributed by atoms with Gasteiger partial charge in [-0.3, -0.25) is 0 Å². The molecule has 1 aromatic heterocycles. The van der Waals surface area contributed by atoms with Crippen molar-refractivity contribution >= 4 is 5.97 Å². The molecule has 0 atom stereocenters. The van der Waals surface area contributed by atoms with E-state index < -0.39 is 11.8 Å². The van der Waals surface area contributed by atoms with Gasteiger partial charge in [-0.05, 0) is 36.0 Å². The molecule has 0 aliphatic heterocycles. The number of carboxylic acids is 1. The molecule has 0 aliphatic carbocycles. The average molecular weight is 359 g/mol. The number of hydrogen-bond acceptors (Lipinski definition) is 1. The molecule has 0 bridgehead atoms. The number of nitrogens with one attached hydrogen (secondary N) is 1. The summed E-state index contributed by atoms with van der Waals surface area (Å²) in [5.74, 6) is -1.95. The minimum atomic E-state index is -1.27. The van der Waals surface area contributed by atoms with Crippen molar-refractivity contribution in [2.24, 2.45) is 0 Å². The molecule has 1 heterocycles. The molecule has 2 N–H and O–H groups in total. The third kappa shape index (κ3) is 4.96. The van der Waals surface area contributed by atoms with Crippen LogP contribution in [-0.4, -0.2) is 16.1 Å². The lowest BCUT2D eigenvalue weighted by molar-refractivity contribution is 0.0686. The molecule has 3 nitrogen and oxygen atoms in total. The van der Waals surface area contributed by atoms with E-state index in [1.807, 2.05) is 12.1 Å². The quantitative estimate of drug-likeness (QED) is 0.458. The number of aryl methyl sites for hydroxylation is 1. The minimum absolute atomic E-state index is 0.348. The highest BCUT2D eigenvalue weighted by Gasteiger charge is 2.20. The SMILES string of the molecule is CCCCCCCCCc1cccc(-c2c[nH]c(C(=O)O)c2F)c1CC. The van der Waals surface area contributed by atoms with Gasteiger partial charge in [0.2, 0.25) is 0 Å². The van der Waals surface area contributed by atoms with Gasteiger partial charge in [-0.25, -0.2) is 9.18 Å². The van der Waals surface area contributed by atoms with Gasteiger partial charge in [0, 0.05) is 11.8 Å². The summed E-state index contributed by atoms with van der Waals surface area (Å²) >= 11 is 0. The van der Waals surface area contributed by atoms with Crippen molar-refractivity contribution in [2.75, 3.05) is 0 Å². The highest BCUT2D eigenvalue weighted by Crippen LogP contribution is 2.31. The Bertz CT molecular complexity index is 721. The Kier molecular flexibility index (Phi) is 7.89. The van der Waals surface area contributed by atoms with E-state index in [2.05, 4.69) is 24.9 Å². The van der Waals surface area contributed by atoms with Crippen molar-refractivity contribution in [3.63, 3.8) is 0 Å². The van der Waals surface area contributed by atoms with Gasteiger partial charge >= 0.3 is 5.97 Å². The predicted molar refractivity (Wildman–Crippen MR) is 104 cm³/mol. The topological polar surface area (TPSA) is 53.1 Å². The first-order valence-corrected chi connectivity index (χ1v) is 9.81. The van der Waals surface area contributed by atoms with Gasteiger partial charge in [-0.1, -0.05) is 70.6 Å². The lowest BCUT2D eigenvalue weighted by Gasteiger charge is -2.13. The Morgan fingerprint density at radius 3 is 2.35 bits per heavy atom. The fourth-order valence-electron chi connectivity index (χ4n) is 3.57. The summed E-state index contributed by atoms with van der Waals surface area (Å²) in [5, 5.41) is 9.06.